The molecule has 0 aliphatic heterocycles. The number of aryl methyl sites for hydroxylation is 1. The molecule has 0 aliphatic rings. The first-order chi connectivity index (χ1) is 6.22. The van der Waals surface area contributed by atoms with Crippen molar-refractivity contribution in [1.29, 1.82) is 0 Å². The Balaban J connectivity index is 2.53. The van der Waals surface area contributed by atoms with E-state index < -0.39 is 0 Å². The van der Waals surface area contributed by atoms with Crippen LogP contribution in [0.3, 0.4) is 0 Å². The van der Waals surface area contributed by atoms with Gasteiger partial charge in [-0.25, -0.2) is 9.97 Å². The minimum Gasteiger partial charge on any atom is -0.396 e. The summed E-state index contributed by atoms with van der Waals surface area (Å²) in [5.74, 6) is 1.56. The molecule has 0 aromatic carbocycles. The molecule has 72 valence electrons. The van der Waals surface area contributed by atoms with Crippen LogP contribution in [-0.2, 0) is 0 Å². The van der Waals surface area contributed by atoms with Crippen LogP contribution in [0.25, 0.3) is 0 Å². The third-order valence-corrected chi connectivity index (χ3v) is 1.73. The molecule has 1 aromatic rings. The molecule has 0 radical (unpaired) electrons. The van der Waals surface area contributed by atoms with Crippen LogP contribution in [0.5, 0.6) is 0 Å². The van der Waals surface area contributed by atoms with Gasteiger partial charge in [-0.2, -0.15) is 0 Å². The Morgan fingerprint density at radius 3 is 3.00 bits per heavy atom. The Hall–Kier alpha value is -1.16. The van der Waals surface area contributed by atoms with Crippen molar-refractivity contribution in [2.75, 3.05) is 11.9 Å². The van der Waals surface area contributed by atoms with Gasteiger partial charge in [-0.3, -0.25) is 0 Å². The van der Waals surface area contributed by atoms with Crippen LogP contribution in [0.15, 0.2) is 12.3 Å². The van der Waals surface area contributed by atoms with Gasteiger partial charge in [-0.15, -0.1) is 0 Å². The molecule has 0 spiro atoms. The number of aliphatic hydroxyl groups excluding tert-OH is 1. The van der Waals surface area contributed by atoms with Gasteiger partial charge in [0.15, 0.2) is 0 Å². The standard InChI is InChI=1S/C9H15N3O/c1-7(4-6-13)11-9-3-5-10-8(2)12-9/h3,5,7,13H,4,6H2,1-2H3,(H,10,11,12)/t7-/m0/s1. The van der Waals surface area contributed by atoms with E-state index in [-0.39, 0.29) is 12.6 Å². The Morgan fingerprint density at radius 1 is 1.62 bits per heavy atom. The second-order valence-electron chi connectivity index (χ2n) is 3.05. The molecule has 2 N–H and O–H groups in total. The first-order valence-corrected chi connectivity index (χ1v) is 4.39. The Bertz CT molecular complexity index is 265. The maximum atomic E-state index is 8.70. The molecule has 4 nitrogen and oxygen atoms in total. The van der Waals surface area contributed by atoms with Crippen LogP contribution in [0.2, 0.25) is 0 Å². The highest BCUT2D eigenvalue weighted by Gasteiger charge is 2.01. The van der Waals surface area contributed by atoms with Crippen molar-refractivity contribution in [3.05, 3.63) is 18.1 Å². The highest BCUT2D eigenvalue weighted by atomic mass is 16.3. The van der Waals surface area contributed by atoms with Gasteiger partial charge in [0, 0.05) is 18.8 Å². The van der Waals surface area contributed by atoms with Crippen LogP contribution in [0, 0.1) is 6.92 Å². The molecule has 1 aromatic heterocycles. The average molecular weight is 181 g/mol. The molecular weight excluding hydrogens is 166 g/mol. The number of nitrogens with one attached hydrogen (secondary N) is 1. The minimum absolute atomic E-state index is 0.193. The van der Waals surface area contributed by atoms with Gasteiger partial charge < -0.3 is 10.4 Å². The highest BCUT2D eigenvalue weighted by molar-refractivity contribution is 5.33. The number of aliphatic hydroxyl groups is 1. The van der Waals surface area contributed by atoms with Crippen molar-refractivity contribution in [2.45, 2.75) is 26.3 Å². The molecule has 13 heavy (non-hydrogen) atoms. The summed E-state index contributed by atoms with van der Waals surface area (Å²) in [7, 11) is 0. The first-order valence-electron chi connectivity index (χ1n) is 4.39. The van der Waals surface area contributed by atoms with Crippen LogP contribution < -0.4 is 5.32 Å². The topological polar surface area (TPSA) is 58.0 Å². The summed E-state index contributed by atoms with van der Waals surface area (Å²) in [6, 6.07) is 2.06. The maximum Gasteiger partial charge on any atom is 0.129 e. The van der Waals surface area contributed by atoms with Gasteiger partial charge >= 0.3 is 0 Å². The van der Waals surface area contributed by atoms with E-state index >= 15 is 0 Å². The molecule has 4 heteroatoms. The van der Waals surface area contributed by atoms with Crippen LogP contribution >= 0.6 is 0 Å². The van der Waals surface area contributed by atoms with Crippen molar-refractivity contribution in [2.24, 2.45) is 0 Å². The Kier molecular flexibility index (Phi) is 3.64. The van der Waals surface area contributed by atoms with Gasteiger partial charge in [-0.05, 0) is 26.3 Å². The fourth-order valence-electron chi connectivity index (χ4n) is 1.05. The van der Waals surface area contributed by atoms with E-state index in [1.54, 1.807) is 6.20 Å². The smallest absolute Gasteiger partial charge is 0.129 e. The monoisotopic (exact) mass is 181 g/mol. The quantitative estimate of drug-likeness (QED) is 0.726. The van der Waals surface area contributed by atoms with E-state index in [0.29, 0.717) is 0 Å². The number of rotatable bonds is 4. The summed E-state index contributed by atoms with van der Waals surface area (Å²) in [5.41, 5.74) is 0. The summed E-state index contributed by atoms with van der Waals surface area (Å²) >= 11 is 0. The molecule has 0 aliphatic carbocycles. The van der Waals surface area contributed by atoms with Crippen molar-refractivity contribution in [1.82, 2.24) is 9.97 Å². The predicted molar refractivity (Wildman–Crippen MR) is 51.6 cm³/mol. The third-order valence-electron chi connectivity index (χ3n) is 1.73. The van der Waals surface area contributed by atoms with Gasteiger partial charge in [-0.1, -0.05) is 0 Å². The van der Waals surface area contributed by atoms with E-state index in [4.69, 9.17) is 5.11 Å². The average Bonchev–Trinajstić information content (AvgIpc) is 2.04. The van der Waals surface area contributed by atoms with Crippen molar-refractivity contribution >= 4 is 5.82 Å². The largest absolute Gasteiger partial charge is 0.396 e. The lowest BCUT2D eigenvalue weighted by molar-refractivity contribution is 0.282. The molecule has 1 heterocycles. The van der Waals surface area contributed by atoms with Gasteiger partial charge in [0.1, 0.15) is 11.6 Å². The zero-order valence-electron chi connectivity index (χ0n) is 7.99. The fourth-order valence-corrected chi connectivity index (χ4v) is 1.05. The fraction of sp³-hybridized carbons (Fsp3) is 0.556. The third kappa shape index (κ3) is 3.38. The molecule has 1 rings (SSSR count). The van der Waals surface area contributed by atoms with E-state index in [0.717, 1.165) is 18.1 Å². The van der Waals surface area contributed by atoms with Gasteiger partial charge in [0.25, 0.3) is 0 Å². The van der Waals surface area contributed by atoms with Crippen molar-refractivity contribution < 1.29 is 5.11 Å². The Labute approximate surface area is 78.0 Å². The lowest BCUT2D eigenvalue weighted by Crippen LogP contribution is -2.17. The highest BCUT2D eigenvalue weighted by Crippen LogP contribution is 2.04. The number of hydrogen-bond donors (Lipinski definition) is 2. The molecule has 0 saturated heterocycles. The van der Waals surface area contributed by atoms with E-state index in [9.17, 15) is 0 Å². The zero-order chi connectivity index (χ0) is 9.68. The second-order valence-corrected chi connectivity index (χ2v) is 3.05. The van der Waals surface area contributed by atoms with Gasteiger partial charge in [0.05, 0.1) is 0 Å². The van der Waals surface area contributed by atoms with Crippen molar-refractivity contribution in [3.8, 4) is 0 Å². The molecule has 0 bridgehead atoms. The lowest BCUT2D eigenvalue weighted by atomic mass is 10.2. The predicted octanol–water partition coefficient (Wildman–Crippen LogP) is 0.968. The Morgan fingerprint density at radius 2 is 2.38 bits per heavy atom. The normalized spacial score (nSPS) is 12.5. The minimum atomic E-state index is 0.193. The number of nitrogens with zero attached hydrogens (tertiary/aromatic N) is 2. The molecule has 0 saturated carbocycles. The molecule has 0 unspecified atom stereocenters. The molecule has 0 fully saturated rings. The van der Waals surface area contributed by atoms with E-state index in [2.05, 4.69) is 15.3 Å². The summed E-state index contributed by atoms with van der Waals surface area (Å²) < 4.78 is 0. The molecule has 0 amide bonds. The van der Waals surface area contributed by atoms with Gasteiger partial charge in [0.2, 0.25) is 0 Å². The number of anilines is 1. The van der Waals surface area contributed by atoms with Crippen LogP contribution in [-0.4, -0.2) is 27.7 Å². The second kappa shape index (κ2) is 4.77. The first kappa shape index (κ1) is 9.92. The summed E-state index contributed by atoms with van der Waals surface area (Å²) in [6.07, 6.45) is 2.44. The maximum absolute atomic E-state index is 8.70. The number of hydrogen-bond acceptors (Lipinski definition) is 4. The SMILES string of the molecule is Cc1nccc(N[C@@H](C)CCO)n1. The molecular formula is C9H15N3O. The van der Waals surface area contributed by atoms with E-state index in [1.807, 2.05) is 19.9 Å². The summed E-state index contributed by atoms with van der Waals surface area (Å²) in [6.45, 7) is 4.05. The summed E-state index contributed by atoms with van der Waals surface area (Å²) in [4.78, 5) is 8.18. The summed E-state index contributed by atoms with van der Waals surface area (Å²) in [5, 5.41) is 11.9. The lowest BCUT2D eigenvalue weighted by Gasteiger charge is -2.12. The number of aromatic nitrogens is 2. The zero-order valence-corrected chi connectivity index (χ0v) is 7.99. The van der Waals surface area contributed by atoms with Crippen LogP contribution in [0.4, 0.5) is 5.82 Å². The van der Waals surface area contributed by atoms with E-state index in [1.165, 1.54) is 0 Å². The van der Waals surface area contributed by atoms with Crippen LogP contribution in [0.1, 0.15) is 19.2 Å². The van der Waals surface area contributed by atoms with Crippen molar-refractivity contribution in [3.63, 3.8) is 0 Å². The molecule has 1 atom stereocenters.